The number of hydrogen-bond acceptors (Lipinski definition) is 32. The van der Waals surface area contributed by atoms with Gasteiger partial charge >= 0.3 is 22.3 Å². The molecule has 1 unspecified atom stereocenters. The average Bonchev–Trinajstić information content (AvgIpc) is 3.33. The molecule has 0 saturated carbocycles. The molecule has 428 valence electrons. The molecule has 1 amide bonds. The lowest BCUT2D eigenvalue weighted by molar-refractivity contribution is -0.389. The summed E-state index contributed by atoms with van der Waals surface area (Å²) in [5, 5.41) is 181. The molecule has 6 rings (SSSR count). The van der Waals surface area contributed by atoms with Gasteiger partial charge in [-0.15, -0.1) is 0 Å². The number of amides is 1. The Morgan fingerprint density at radius 1 is 0.486 bits per heavy atom. The molecule has 6 heterocycles. The average molecular weight is 1110 g/mol. The summed E-state index contributed by atoms with van der Waals surface area (Å²) in [4.78, 5) is 37.1. The predicted molar refractivity (Wildman–Crippen MR) is 216 cm³/mol. The van der Waals surface area contributed by atoms with Crippen molar-refractivity contribution in [2.75, 3.05) is 26.4 Å². The number of carbonyl (C=O) groups is 3. The highest BCUT2D eigenvalue weighted by Gasteiger charge is 2.59. The van der Waals surface area contributed by atoms with Crippen LogP contribution in [-0.2, 0) is 81.1 Å². The van der Waals surface area contributed by atoms with Crippen molar-refractivity contribution in [1.29, 1.82) is 0 Å². The highest BCUT2D eigenvalue weighted by Crippen LogP contribution is 2.37. The minimum atomic E-state index is -5.71. The Balaban J connectivity index is 1.22. The van der Waals surface area contributed by atoms with E-state index in [4.69, 9.17) is 56.3 Å². The molecule has 6 aliphatic rings. The van der Waals surface area contributed by atoms with Crippen LogP contribution in [0.2, 0.25) is 0 Å². The lowest BCUT2D eigenvalue weighted by atomic mass is 9.94. The molecule has 0 aliphatic carbocycles. The Morgan fingerprint density at radius 2 is 0.932 bits per heavy atom. The van der Waals surface area contributed by atoms with Crippen molar-refractivity contribution < 1.29 is 170 Å². The number of rotatable bonds is 18. The molecule has 6 fully saturated rings. The number of carboxylic acid groups (broad SMARTS) is 2. The van der Waals surface area contributed by atoms with Crippen LogP contribution < -0.4 is 5.32 Å². The molecule has 6 aliphatic heterocycles. The third-order valence-electron chi connectivity index (χ3n) is 12.6. The van der Waals surface area contributed by atoms with Gasteiger partial charge in [0.1, 0.15) is 128 Å². The van der Waals surface area contributed by atoms with E-state index < -0.39 is 233 Å². The Hall–Kier alpha value is -2.76. The van der Waals surface area contributed by atoms with Crippen molar-refractivity contribution in [1.82, 2.24) is 5.32 Å². The molecule has 37 heteroatoms. The van der Waals surface area contributed by atoms with Gasteiger partial charge in [0.05, 0.1) is 26.4 Å². The molecule has 0 radical (unpaired) electrons. The fourth-order valence-electron chi connectivity index (χ4n) is 8.78. The molecular formula is C37H59NO35S. The Kier molecular flexibility index (Phi) is 20.4. The molecule has 74 heavy (non-hydrogen) atoms. The molecule has 0 aromatic carbocycles. The van der Waals surface area contributed by atoms with Gasteiger partial charge in [0.2, 0.25) is 5.91 Å². The molecule has 0 spiro atoms. The highest BCUT2D eigenvalue weighted by atomic mass is 32.3. The van der Waals surface area contributed by atoms with Crippen LogP contribution in [0.3, 0.4) is 0 Å². The Bertz CT molecular complexity index is 1990. The van der Waals surface area contributed by atoms with Gasteiger partial charge in [0, 0.05) is 6.92 Å². The third-order valence-corrected chi connectivity index (χ3v) is 13.1. The second-order valence-electron chi connectivity index (χ2n) is 17.6. The summed E-state index contributed by atoms with van der Waals surface area (Å²) in [7, 11) is -5.71. The maximum absolute atomic E-state index is 12.8. The topological polar surface area (TPSA) is 572 Å². The predicted octanol–water partition coefficient (Wildman–Crippen LogP) is -13.3. The maximum atomic E-state index is 12.8. The minimum Gasteiger partial charge on any atom is -0.479 e. The van der Waals surface area contributed by atoms with Gasteiger partial charge in [-0.1, -0.05) is 0 Å². The number of carbonyl (C=O) groups excluding carboxylic acids is 1. The lowest BCUT2D eigenvalue weighted by Gasteiger charge is -2.50. The van der Waals surface area contributed by atoms with Gasteiger partial charge in [-0.3, -0.25) is 9.35 Å². The molecule has 29 atom stereocenters. The summed E-state index contributed by atoms with van der Waals surface area (Å²) >= 11 is 0. The zero-order valence-electron chi connectivity index (χ0n) is 38.0. The maximum Gasteiger partial charge on any atom is 0.397 e. The van der Waals surface area contributed by atoms with E-state index in [2.05, 4.69) is 5.32 Å². The molecular weight excluding hydrogens is 1050 g/mol. The first-order valence-electron chi connectivity index (χ1n) is 22.2. The summed E-state index contributed by atoms with van der Waals surface area (Å²) in [6.45, 7) is -3.18. The summed E-state index contributed by atoms with van der Waals surface area (Å²) in [6, 6.07) is -2.21. The summed E-state index contributed by atoms with van der Waals surface area (Å²) in [5.41, 5.74) is 0. The van der Waals surface area contributed by atoms with E-state index in [1.165, 1.54) is 0 Å². The quantitative estimate of drug-likeness (QED) is 0.0567. The fraction of sp³-hybridized carbons (Fsp3) is 0.919. The summed E-state index contributed by atoms with van der Waals surface area (Å²) in [6.07, 6.45) is -60.9. The Labute approximate surface area is 415 Å². The molecule has 36 nitrogen and oxygen atoms in total. The van der Waals surface area contributed by atoms with Crippen molar-refractivity contribution in [3.63, 3.8) is 0 Å². The number of aliphatic hydroxyl groups excluding tert-OH is 15. The van der Waals surface area contributed by atoms with Crippen molar-refractivity contribution in [3.8, 4) is 0 Å². The van der Waals surface area contributed by atoms with Crippen molar-refractivity contribution in [2.24, 2.45) is 0 Å². The van der Waals surface area contributed by atoms with Gasteiger partial charge < -0.3 is 144 Å². The minimum absolute atomic E-state index is 0.579. The molecule has 0 bridgehead atoms. The van der Waals surface area contributed by atoms with E-state index in [-0.39, 0.29) is 0 Å². The zero-order valence-corrected chi connectivity index (χ0v) is 38.8. The van der Waals surface area contributed by atoms with Crippen LogP contribution in [0.5, 0.6) is 0 Å². The van der Waals surface area contributed by atoms with E-state index in [1.54, 1.807) is 0 Å². The number of nitrogens with one attached hydrogen (secondary N) is 1. The third kappa shape index (κ3) is 13.0. The first kappa shape index (κ1) is 60.5. The summed E-state index contributed by atoms with van der Waals surface area (Å²) in [5.74, 6) is -5.06. The van der Waals surface area contributed by atoms with Crippen LogP contribution in [0.1, 0.15) is 6.92 Å². The van der Waals surface area contributed by atoms with Crippen LogP contribution in [0, 0.1) is 0 Å². The number of aliphatic carboxylic acids is 2. The smallest absolute Gasteiger partial charge is 0.397 e. The second kappa shape index (κ2) is 24.9. The van der Waals surface area contributed by atoms with Crippen LogP contribution in [0.15, 0.2) is 0 Å². The van der Waals surface area contributed by atoms with E-state index in [0.29, 0.717) is 0 Å². The number of ether oxygens (including phenoxy) is 11. The second-order valence-corrected chi connectivity index (χ2v) is 18.7. The molecule has 0 aromatic heterocycles. The highest BCUT2D eigenvalue weighted by molar-refractivity contribution is 7.80. The van der Waals surface area contributed by atoms with Gasteiger partial charge in [0.25, 0.3) is 0 Å². The zero-order chi connectivity index (χ0) is 55.0. The first-order valence-corrected chi connectivity index (χ1v) is 23.5. The standard InChI is InChI=1S/C37H59NO35S/c1-6(42)38-11-24(73-74(59,60)61)23(67-34-19(50)15(46)16(47)28(71-34)30(54)55)9(4-41)65-33(11)70-27-17(48)20(51)35(72-29(27)31(56)57)68-26-14(45)8(3-40)64-37(22(26)53)69-25-13(44)7(2-39)63-36(21(25)52)66-10-5-62-32(58)18(49)12(10)43/h7-29,32-37,39-41,43-53,58H,2-5H2,1H3,(H,38,42)(H,54,55)(H,56,57)(H,59,60,61)/t7-,8-,9-,10-,11-,12+,13+,14+,15+,16+,17-,18-,19-,20-,21-,22-,23-,24-,25+,26+,27+,28-,29+,32?,33-,34+,35-,36+,37+/m1/s1. The molecule has 19 N–H and O–H groups in total. The molecule has 0 aromatic rings. The number of hydrogen-bond donors (Lipinski definition) is 19. The van der Waals surface area contributed by atoms with E-state index >= 15 is 0 Å². The van der Waals surface area contributed by atoms with Crippen LogP contribution >= 0.6 is 0 Å². The van der Waals surface area contributed by atoms with Crippen LogP contribution in [0.4, 0.5) is 0 Å². The lowest BCUT2D eigenvalue weighted by Crippen LogP contribution is -2.70. The monoisotopic (exact) mass is 1110 g/mol. The van der Waals surface area contributed by atoms with Gasteiger partial charge in [-0.25, -0.2) is 13.8 Å². The number of aliphatic hydroxyl groups is 15. The van der Waals surface area contributed by atoms with Crippen molar-refractivity contribution >= 4 is 28.2 Å². The van der Waals surface area contributed by atoms with Crippen molar-refractivity contribution in [3.05, 3.63) is 0 Å². The van der Waals surface area contributed by atoms with E-state index in [0.717, 1.165) is 6.92 Å². The van der Waals surface area contributed by atoms with Gasteiger partial charge in [-0.2, -0.15) is 8.42 Å². The van der Waals surface area contributed by atoms with Gasteiger partial charge in [0.15, 0.2) is 49.9 Å². The van der Waals surface area contributed by atoms with Crippen LogP contribution in [-0.4, -0.2) is 322 Å². The van der Waals surface area contributed by atoms with Crippen LogP contribution in [0.25, 0.3) is 0 Å². The first-order chi connectivity index (χ1) is 34.6. The summed E-state index contributed by atoms with van der Waals surface area (Å²) < 4.78 is 98.9. The van der Waals surface area contributed by atoms with Gasteiger partial charge in [-0.05, 0) is 0 Å². The fourth-order valence-corrected chi connectivity index (χ4v) is 9.29. The van der Waals surface area contributed by atoms with E-state index in [9.17, 15) is 114 Å². The number of carboxylic acids is 2. The largest absolute Gasteiger partial charge is 0.479 e. The SMILES string of the molecule is CC(=O)N[C@H]1[C@@H](O[C@H]2[C@H](O)[C@@H](O)[C@H](O[C@H]3[C@@H](O)[C@@H](CO)O[C@@H](O[C@H]4[C@@H](O)[C@@H](CO)O[C@@H](O[C@@H]5COC(O)[C@H](O)[C@H]5O)[C@@H]4O)[C@@H]3O)O[C@@H]2C(=O)O)O[C@H](CO)[C@@H](O[C@H]2O[C@@H](C(=O)O)[C@@H](O)[C@H](O)[C@H]2O)[C@@H]1OS(=O)(=O)O. The Morgan fingerprint density at radius 3 is 1.42 bits per heavy atom. The van der Waals surface area contributed by atoms with Crippen molar-refractivity contribution in [2.45, 2.75) is 185 Å². The normalized spacial score (nSPS) is 48.4. The van der Waals surface area contributed by atoms with E-state index in [1.807, 2.05) is 0 Å². The molecule has 6 saturated heterocycles.